The number of nitrogens with zero attached hydrogens (tertiary/aromatic N) is 4. The summed E-state index contributed by atoms with van der Waals surface area (Å²) in [4.78, 5) is 0.232. The van der Waals surface area contributed by atoms with Gasteiger partial charge in [0.25, 0.3) is 0 Å². The van der Waals surface area contributed by atoms with E-state index in [2.05, 4.69) is 27.2 Å². The molecule has 260 valence electrons. The molecule has 2 heterocycles. The van der Waals surface area contributed by atoms with Crippen molar-refractivity contribution in [1.82, 2.24) is 24.9 Å². The molecule has 1 saturated heterocycles. The van der Waals surface area contributed by atoms with Gasteiger partial charge in [0.15, 0.2) is 6.29 Å². The van der Waals surface area contributed by atoms with E-state index in [9.17, 15) is 13.5 Å². The maximum Gasteiger partial charge on any atom is 0.240 e. The van der Waals surface area contributed by atoms with Gasteiger partial charge in [0.1, 0.15) is 0 Å². The van der Waals surface area contributed by atoms with Crippen molar-refractivity contribution >= 4 is 21.8 Å². The van der Waals surface area contributed by atoms with Crippen LogP contribution in [0.15, 0.2) is 144 Å². The maximum atomic E-state index is 12.8. The third-order valence-electron chi connectivity index (χ3n) is 8.90. The minimum atomic E-state index is -3.62. The number of para-hydroxylation sites is 1. The van der Waals surface area contributed by atoms with Gasteiger partial charge in [-0.1, -0.05) is 122 Å². The highest BCUT2D eigenvalue weighted by Crippen LogP contribution is 2.43. The van der Waals surface area contributed by atoms with E-state index in [1.165, 1.54) is 11.8 Å². The molecule has 6 aromatic rings. The topological polar surface area (TPSA) is 128 Å². The van der Waals surface area contributed by atoms with Crippen molar-refractivity contribution < 1.29 is 23.0 Å². The van der Waals surface area contributed by atoms with Crippen LogP contribution in [0.5, 0.6) is 0 Å². The third kappa shape index (κ3) is 8.12. The van der Waals surface area contributed by atoms with Crippen LogP contribution in [0.1, 0.15) is 41.6 Å². The van der Waals surface area contributed by atoms with Crippen LogP contribution in [0, 0.1) is 5.92 Å². The van der Waals surface area contributed by atoms with Crippen LogP contribution in [-0.2, 0) is 32.6 Å². The molecule has 7 rings (SSSR count). The zero-order valence-electron chi connectivity index (χ0n) is 27.8. The summed E-state index contributed by atoms with van der Waals surface area (Å²) in [6.45, 7) is 2.27. The highest BCUT2D eigenvalue weighted by atomic mass is 32.2. The molecule has 12 heteroatoms. The van der Waals surface area contributed by atoms with Crippen molar-refractivity contribution in [1.29, 1.82) is 0 Å². The highest BCUT2D eigenvalue weighted by Gasteiger charge is 2.38. The Morgan fingerprint density at radius 2 is 1.49 bits per heavy atom. The molecule has 51 heavy (non-hydrogen) atoms. The number of benzene rings is 5. The lowest BCUT2D eigenvalue weighted by molar-refractivity contribution is -0.268. The Hall–Kier alpha value is -4.69. The number of nitrogens with one attached hydrogen (secondary N) is 1. The number of aliphatic hydroxyl groups is 1. The first kappa shape index (κ1) is 34.7. The first-order valence-corrected chi connectivity index (χ1v) is 19.1. The summed E-state index contributed by atoms with van der Waals surface area (Å²) in [5.74, 6) is 0.592. The average molecular weight is 720 g/mol. The first-order valence-electron chi connectivity index (χ1n) is 16.6. The Kier molecular flexibility index (Phi) is 10.7. The normalized spacial score (nSPS) is 19.2. The van der Waals surface area contributed by atoms with E-state index in [1.54, 1.807) is 35.0 Å². The molecule has 1 aromatic heterocycles. The Balaban J connectivity index is 1.09. The molecule has 10 nitrogen and oxygen atoms in total. The smallest absolute Gasteiger partial charge is 0.240 e. The molecule has 1 aliphatic heterocycles. The summed E-state index contributed by atoms with van der Waals surface area (Å²) < 4.78 is 43.3. The molecule has 5 aromatic carbocycles. The fourth-order valence-corrected chi connectivity index (χ4v) is 8.11. The largest absolute Gasteiger partial charge is 0.392 e. The van der Waals surface area contributed by atoms with Crippen LogP contribution in [-0.4, -0.2) is 45.6 Å². The molecular weight excluding hydrogens is 683 g/mol. The standard InChI is InChI=1S/C39H37N5O5S2/c1-27-36(26-50-39-41-42-43-44(39)34-11-4-2-5-12-34)48-38(49-37(27)31-17-15-28(25-45)16-18-31)32-21-19-30(20-22-32)33-10-8-9-29(23-33)24-40-51(46,47)35-13-6-3-7-14-35/h2-23,27,36-38,40,45H,24-26H2,1H3/t27-,36+,37+,38+/m1/s1. The fourth-order valence-electron chi connectivity index (χ4n) is 6.02. The summed E-state index contributed by atoms with van der Waals surface area (Å²) in [7, 11) is -3.62. The number of hydrogen-bond acceptors (Lipinski definition) is 9. The van der Waals surface area contributed by atoms with Crippen LogP contribution in [0.4, 0.5) is 0 Å². The number of hydrogen-bond donors (Lipinski definition) is 2. The van der Waals surface area contributed by atoms with Crippen molar-refractivity contribution in [2.24, 2.45) is 5.92 Å². The van der Waals surface area contributed by atoms with Crippen molar-refractivity contribution in [2.75, 3.05) is 5.75 Å². The molecule has 0 bridgehead atoms. The Morgan fingerprint density at radius 3 is 2.22 bits per heavy atom. The fraction of sp³-hybridized carbons (Fsp3) is 0.205. The average Bonchev–Trinajstić information content (AvgIpc) is 3.66. The molecule has 0 saturated carbocycles. The lowest BCUT2D eigenvalue weighted by Crippen LogP contribution is -2.38. The number of rotatable bonds is 12. The number of ether oxygens (including phenoxy) is 2. The van der Waals surface area contributed by atoms with Gasteiger partial charge in [-0.25, -0.2) is 13.1 Å². The van der Waals surface area contributed by atoms with E-state index >= 15 is 0 Å². The van der Waals surface area contributed by atoms with Crippen molar-refractivity contribution in [2.45, 2.75) is 48.6 Å². The van der Waals surface area contributed by atoms with E-state index in [0.717, 1.165) is 39.1 Å². The van der Waals surface area contributed by atoms with E-state index in [1.807, 2.05) is 103 Å². The predicted octanol–water partition coefficient (Wildman–Crippen LogP) is 6.88. The van der Waals surface area contributed by atoms with Crippen LogP contribution >= 0.6 is 11.8 Å². The Bertz CT molecular complexity index is 2150. The van der Waals surface area contributed by atoms with Crippen molar-refractivity contribution in [3.8, 4) is 16.8 Å². The molecule has 0 aliphatic carbocycles. The number of thioether (sulfide) groups is 1. The van der Waals surface area contributed by atoms with Gasteiger partial charge in [-0.2, -0.15) is 4.68 Å². The summed E-state index contributed by atoms with van der Waals surface area (Å²) in [5.41, 5.74) is 6.38. The molecule has 0 spiro atoms. The van der Waals surface area contributed by atoms with Gasteiger partial charge in [0.2, 0.25) is 15.2 Å². The van der Waals surface area contributed by atoms with Crippen LogP contribution in [0.3, 0.4) is 0 Å². The summed E-state index contributed by atoms with van der Waals surface area (Å²) >= 11 is 1.53. The van der Waals surface area contributed by atoms with Crippen LogP contribution in [0.2, 0.25) is 0 Å². The van der Waals surface area contributed by atoms with Crippen molar-refractivity contribution in [3.05, 3.63) is 156 Å². The second-order valence-electron chi connectivity index (χ2n) is 12.3. The minimum absolute atomic E-state index is 0.00360. The summed E-state index contributed by atoms with van der Waals surface area (Å²) in [6.07, 6.45) is -1.09. The van der Waals surface area contributed by atoms with Gasteiger partial charge in [-0.3, -0.25) is 0 Å². The molecule has 0 amide bonds. The molecule has 4 atom stereocenters. The second-order valence-corrected chi connectivity index (χ2v) is 15.1. The number of aliphatic hydroxyl groups excluding tert-OH is 1. The number of sulfonamides is 1. The number of tetrazole rings is 1. The molecular formula is C39H37N5O5S2. The molecule has 0 radical (unpaired) electrons. The molecule has 1 aliphatic rings. The van der Waals surface area contributed by atoms with Gasteiger partial charge in [0, 0.05) is 23.8 Å². The lowest BCUT2D eigenvalue weighted by atomic mass is 9.91. The highest BCUT2D eigenvalue weighted by molar-refractivity contribution is 7.99. The maximum absolute atomic E-state index is 12.8. The van der Waals surface area contributed by atoms with E-state index in [0.29, 0.717) is 10.9 Å². The van der Waals surface area contributed by atoms with Gasteiger partial charge in [0.05, 0.1) is 29.4 Å². The molecule has 2 N–H and O–H groups in total. The van der Waals surface area contributed by atoms with Gasteiger partial charge >= 0.3 is 0 Å². The second kappa shape index (κ2) is 15.7. The summed E-state index contributed by atoms with van der Waals surface area (Å²) in [5, 5.41) is 22.7. The lowest BCUT2D eigenvalue weighted by Gasteiger charge is -2.41. The van der Waals surface area contributed by atoms with E-state index < -0.39 is 16.3 Å². The van der Waals surface area contributed by atoms with E-state index in [-0.39, 0.29) is 36.2 Å². The molecule has 1 fully saturated rings. The van der Waals surface area contributed by atoms with Crippen molar-refractivity contribution in [3.63, 3.8) is 0 Å². The van der Waals surface area contributed by atoms with E-state index in [4.69, 9.17) is 9.47 Å². The third-order valence-corrected chi connectivity index (χ3v) is 11.3. The SMILES string of the molecule is C[C@@H]1[C@H](CSc2nnnn2-c2ccccc2)O[C@H](c2ccc(-c3cccc(CNS(=O)(=O)c4ccccc4)c3)cc2)O[C@@H]1c1ccc(CO)cc1. The Morgan fingerprint density at radius 1 is 0.784 bits per heavy atom. The quantitative estimate of drug-likeness (QED) is 0.130. The number of aromatic nitrogens is 4. The van der Waals surface area contributed by atoms with Gasteiger partial charge in [-0.15, -0.1) is 5.10 Å². The Labute approximate surface area is 301 Å². The predicted molar refractivity (Wildman–Crippen MR) is 195 cm³/mol. The minimum Gasteiger partial charge on any atom is -0.392 e. The van der Waals surface area contributed by atoms with Crippen LogP contribution in [0.25, 0.3) is 16.8 Å². The zero-order valence-corrected chi connectivity index (χ0v) is 29.5. The zero-order chi connectivity index (χ0) is 35.2. The first-order chi connectivity index (χ1) is 24.9. The monoisotopic (exact) mass is 719 g/mol. The van der Waals surface area contributed by atoms with Gasteiger partial charge < -0.3 is 14.6 Å². The van der Waals surface area contributed by atoms with Gasteiger partial charge in [-0.05, 0) is 68.6 Å². The van der Waals surface area contributed by atoms with Crippen LogP contribution < -0.4 is 4.72 Å². The molecule has 0 unspecified atom stereocenters. The summed E-state index contributed by atoms with van der Waals surface area (Å²) in [6, 6.07) is 41.9.